The number of carbonyl (C=O) groups is 1. The predicted octanol–water partition coefficient (Wildman–Crippen LogP) is 3.08. The lowest BCUT2D eigenvalue weighted by Gasteiger charge is -2.10. The number of ketones is 1. The van der Waals surface area contributed by atoms with Gasteiger partial charge in [0, 0.05) is 12.8 Å². The number of fused-ring (bicyclic) bond motifs is 1. The normalized spacial score (nSPS) is 16.6. The van der Waals surface area contributed by atoms with Crippen LogP contribution in [0.3, 0.4) is 0 Å². The van der Waals surface area contributed by atoms with Gasteiger partial charge in [-0.25, -0.2) is 8.78 Å². The molecule has 0 bridgehead atoms. The van der Waals surface area contributed by atoms with Crippen molar-refractivity contribution in [2.24, 2.45) is 0 Å². The maximum Gasteiger partial charge on any atom is 0.178 e. The number of hydrogen-bond acceptors (Lipinski definition) is 2. The van der Waals surface area contributed by atoms with Gasteiger partial charge in [0.25, 0.3) is 0 Å². The molecular weight excluding hydrogens is 262 g/mol. The summed E-state index contributed by atoms with van der Waals surface area (Å²) in [5, 5.41) is 0. The van der Waals surface area contributed by atoms with Crippen LogP contribution in [-0.4, -0.2) is 11.9 Å². The summed E-state index contributed by atoms with van der Waals surface area (Å²) in [7, 11) is 0. The van der Waals surface area contributed by atoms with Gasteiger partial charge < -0.3 is 4.74 Å². The number of Topliss-reactive ketones (excluding diaryl/α,β-unsaturated/α-hetero) is 1. The monoisotopic (exact) mass is 274 g/mol. The fourth-order valence-corrected chi connectivity index (χ4v) is 2.35. The first kappa shape index (κ1) is 12.8. The van der Waals surface area contributed by atoms with Gasteiger partial charge in [-0.15, -0.1) is 0 Å². The molecule has 0 radical (unpaired) electrons. The van der Waals surface area contributed by atoms with Crippen LogP contribution in [0.25, 0.3) is 0 Å². The third-order valence-corrected chi connectivity index (χ3v) is 3.40. The van der Waals surface area contributed by atoms with E-state index in [0.29, 0.717) is 12.2 Å². The Balaban J connectivity index is 1.74. The van der Waals surface area contributed by atoms with Crippen LogP contribution >= 0.6 is 0 Å². The van der Waals surface area contributed by atoms with Crippen LogP contribution in [-0.2, 0) is 17.6 Å². The second-order valence-corrected chi connectivity index (χ2v) is 4.77. The Bertz CT molecular complexity index is 642. The Morgan fingerprint density at radius 1 is 1.15 bits per heavy atom. The second-order valence-electron chi connectivity index (χ2n) is 4.77. The average molecular weight is 274 g/mol. The quantitative estimate of drug-likeness (QED) is 0.859. The van der Waals surface area contributed by atoms with E-state index >= 15 is 0 Å². The fraction of sp³-hybridized carbons (Fsp3) is 0.188. The van der Waals surface area contributed by atoms with Crippen LogP contribution in [0.15, 0.2) is 42.5 Å². The first-order chi connectivity index (χ1) is 9.65. The van der Waals surface area contributed by atoms with E-state index in [4.69, 9.17) is 4.74 Å². The molecule has 0 fully saturated rings. The first-order valence-corrected chi connectivity index (χ1v) is 6.35. The summed E-state index contributed by atoms with van der Waals surface area (Å²) in [6, 6.07) is 11.2. The summed E-state index contributed by atoms with van der Waals surface area (Å²) in [4.78, 5) is 12.1. The highest BCUT2D eigenvalue weighted by Crippen LogP contribution is 2.29. The van der Waals surface area contributed by atoms with Gasteiger partial charge >= 0.3 is 0 Å². The van der Waals surface area contributed by atoms with Gasteiger partial charge in [-0.05, 0) is 23.3 Å². The van der Waals surface area contributed by atoms with Crippen LogP contribution in [0.5, 0.6) is 5.75 Å². The lowest BCUT2D eigenvalue weighted by Crippen LogP contribution is -2.27. The Morgan fingerprint density at radius 2 is 1.95 bits per heavy atom. The van der Waals surface area contributed by atoms with Crippen molar-refractivity contribution in [3.8, 4) is 5.75 Å². The molecular formula is C16H12F2O2. The summed E-state index contributed by atoms with van der Waals surface area (Å²) < 4.78 is 32.2. The Hall–Kier alpha value is -2.23. The van der Waals surface area contributed by atoms with Gasteiger partial charge in [0.15, 0.2) is 23.5 Å². The molecule has 0 saturated carbocycles. The number of halogens is 2. The molecule has 4 heteroatoms. The molecule has 102 valence electrons. The van der Waals surface area contributed by atoms with E-state index in [1.165, 1.54) is 12.1 Å². The van der Waals surface area contributed by atoms with Crippen LogP contribution in [0, 0.1) is 11.6 Å². The molecule has 0 N–H and O–H groups in total. The van der Waals surface area contributed by atoms with E-state index in [1.54, 1.807) is 6.07 Å². The van der Waals surface area contributed by atoms with Gasteiger partial charge in [0.1, 0.15) is 5.75 Å². The number of ether oxygens (including phenoxy) is 1. The number of hydrogen-bond donors (Lipinski definition) is 0. The number of benzene rings is 2. The minimum absolute atomic E-state index is 0.0644. The smallest absolute Gasteiger partial charge is 0.178 e. The molecule has 1 aliphatic rings. The van der Waals surface area contributed by atoms with Crippen molar-refractivity contribution < 1.29 is 18.3 Å². The Morgan fingerprint density at radius 3 is 2.75 bits per heavy atom. The molecule has 2 aromatic carbocycles. The van der Waals surface area contributed by atoms with Crippen LogP contribution in [0.2, 0.25) is 0 Å². The van der Waals surface area contributed by atoms with Gasteiger partial charge in [-0.3, -0.25) is 4.79 Å². The fourth-order valence-electron chi connectivity index (χ4n) is 2.35. The maximum absolute atomic E-state index is 13.5. The van der Waals surface area contributed by atoms with E-state index in [2.05, 4.69) is 0 Å². The Kier molecular flexibility index (Phi) is 3.22. The number of rotatable bonds is 3. The van der Waals surface area contributed by atoms with E-state index in [1.807, 2.05) is 18.2 Å². The molecule has 2 nitrogen and oxygen atoms in total. The summed E-state index contributed by atoms with van der Waals surface area (Å²) in [6.07, 6.45) is -0.302. The van der Waals surface area contributed by atoms with Crippen LogP contribution < -0.4 is 4.74 Å². The average Bonchev–Trinajstić information content (AvgIpc) is 2.88. The largest absolute Gasteiger partial charge is 0.482 e. The zero-order valence-electron chi connectivity index (χ0n) is 10.6. The Labute approximate surface area is 115 Å². The topological polar surface area (TPSA) is 26.3 Å². The van der Waals surface area contributed by atoms with Crippen molar-refractivity contribution in [3.05, 3.63) is 65.2 Å². The number of para-hydroxylation sites is 1. The number of carbonyl (C=O) groups excluding carboxylic acids is 1. The highest BCUT2D eigenvalue weighted by atomic mass is 19.2. The molecule has 2 aromatic rings. The zero-order valence-corrected chi connectivity index (χ0v) is 10.6. The van der Waals surface area contributed by atoms with Gasteiger partial charge in [-0.2, -0.15) is 0 Å². The maximum atomic E-state index is 13.5. The van der Waals surface area contributed by atoms with Crippen LogP contribution in [0.1, 0.15) is 11.1 Å². The molecule has 0 amide bonds. The minimum atomic E-state index is -0.962. The highest BCUT2D eigenvalue weighted by molar-refractivity contribution is 5.86. The summed E-state index contributed by atoms with van der Waals surface area (Å²) in [6.45, 7) is 0. The minimum Gasteiger partial charge on any atom is -0.482 e. The molecule has 1 aliphatic heterocycles. The van der Waals surface area contributed by atoms with Crippen LogP contribution in [0.4, 0.5) is 8.78 Å². The molecule has 20 heavy (non-hydrogen) atoms. The van der Waals surface area contributed by atoms with Gasteiger partial charge in [0.2, 0.25) is 0 Å². The first-order valence-electron chi connectivity index (χ1n) is 6.35. The van der Waals surface area contributed by atoms with E-state index in [0.717, 1.165) is 11.6 Å². The molecule has 0 aromatic heterocycles. The predicted molar refractivity (Wildman–Crippen MR) is 69.6 cm³/mol. The van der Waals surface area contributed by atoms with Crippen molar-refractivity contribution in [1.82, 2.24) is 0 Å². The van der Waals surface area contributed by atoms with E-state index in [-0.39, 0.29) is 17.8 Å². The van der Waals surface area contributed by atoms with Crippen molar-refractivity contribution in [1.29, 1.82) is 0 Å². The highest BCUT2D eigenvalue weighted by Gasteiger charge is 2.29. The third kappa shape index (κ3) is 2.29. The van der Waals surface area contributed by atoms with E-state index < -0.39 is 17.7 Å². The second kappa shape index (κ2) is 5.04. The lowest BCUT2D eigenvalue weighted by atomic mass is 10.0. The zero-order chi connectivity index (χ0) is 14.1. The molecule has 1 unspecified atom stereocenters. The van der Waals surface area contributed by atoms with E-state index in [9.17, 15) is 13.6 Å². The lowest BCUT2D eigenvalue weighted by molar-refractivity contribution is -0.124. The van der Waals surface area contributed by atoms with Crippen molar-refractivity contribution >= 4 is 5.78 Å². The van der Waals surface area contributed by atoms with Gasteiger partial charge in [0.05, 0.1) is 0 Å². The standard InChI is InChI=1S/C16H12F2O2/c17-12-6-3-5-11(16(12)18)8-13(19)15-9-10-4-1-2-7-14(10)20-15/h1-7,15H,8-9H2. The SMILES string of the molecule is O=C(Cc1cccc(F)c1F)C1Cc2ccccc2O1. The molecule has 3 rings (SSSR count). The third-order valence-electron chi connectivity index (χ3n) is 3.40. The molecule has 0 saturated heterocycles. The van der Waals surface area contributed by atoms with Crippen molar-refractivity contribution in [2.45, 2.75) is 18.9 Å². The molecule has 1 atom stereocenters. The van der Waals surface area contributed by atoms with Crippen molar-refractivity contribution in [3.63, 3.8) is 0 Å². The summed E-state index contributed by atoms with van der Waals surface area (Å²) in [5.41, 5.74) is 1.03. The summed E-state index contributed by atoms with van der Waals surface area (Å²) >= 11 is 0. The molecule has 1 heterocycles. The molecule has 0 aliphatic carbocycles. The summed E-state index contributed by atoms with van der Waals surface area (Å²) in [5.74, 6) is -1.46. The van der Waals surface area contributed by atoms with Crippen molar-refractivity contribution in [2.75, 3.05) is 0 Å². The van der Waals surface area contributed by atoms with Gasteiger partial charge in [-0.1, -0.05) is 30.3 Å². The molecule has 0 spiro atoms.